The maximum Gasteiger partial charge on any atom is 0.315 e. The van der Waals surface area contributed by atoms with Gasteiger partial charge in [-0.05, 0) is 35.9 Å². The Labute approximate surface area is 157 Å². The van der Waals surface area contributed by atoms with Crippen molar-refractivity contribution >= 4 is 29.2 Å². The summed E-state index contributed by atoms with van der Waals surface area (Å²) in [5.41, 5.74) is 1.63. The zero-order valence-electron chi connectivity index (χ0n) is 14.4. The van der Waals surface area contributed by atoms with Crippen LogP contribution in [0.2, 0.25) is 5.02 Å². The van der Waals surface area contributed by atoms with Crippen LogP contribution in [0.4, 0.5) is 10.5 Å². The van der Waals surface area contributed by atoms with E-state index in [1.807, 2.05) is 30.3 Å². The van der Waals surface area contributed by atoms with Gasteiger partial charge in [0.2, 0.25) is 5.91 Å². The summed E-state index contributed by atoms with van der Waals surface area (Å²) in [6.07, 6.45) is 0.269. The molecule has 1 aliphatic heterocycles. The lowest BCUT2D eigenvalue weighted by molar-refractivity contribution is -0.117. The first-order valence-electron chi connectivity index (χ1n) is 8.29. The molecule has 136 valence electrons. The van der Waals surface area contributed by atoms with Gasteiger partial charge in [-0.1, -0.05) is 29.8 Å². The molecule has 2 aromatic rings. The van der Waals surface area contributed by atoms with Crippen LogP contribution >= 0.6 is 11.6 Å². The van der Waals surface area contributed by atoms with Gasteiger partial charge in [-0.25, -0.2) is 4.79 Å². The molecule has 0 aliphatic carbocycles. The highest BCUT2D eigenvalue weighted by atomic mass is 35.5. The molecule has 3 rings (SSSR count). The van der Waals surface area contributed by atoms with Crippen molar-refractivity contribution in [3.63, 3.8) is 0 Å². The number of halogens is 1. The number of anilines is 1. The fraction of sp³-hybridized carbons (Fsp3) is 0.263. The molecule has 0 saturated carbocycles. The number of urea groups is 1. The zero-order valence-corrected chi connectivity index (χ0v) is 15.1. The van der Waals surface area contributed by atoms with Crippen molar-refractivity contribution in [2.75, 3.05) is 18.6 Å². The fourth-order valence-corrected chi connectivity index (χ4v) is 3.07. The van der Waals surface area contributed by atoms with Gasteiger partial charge in [0.25, 0.3) is 0 Å². The Hall–Kier alpha value is -2.73. The van der Waals surface area contributed by atoms with Crippen LogP contribution in [0.3, 0.4) is 0 Å². The third kappa shape index (κ3) is 4.26. The summed E-state index contributed by atoms with van der Waals surface area (Å²) < 4.78 is 5.13. The van der Waals surface area contributed by atoms with Crippen LogP contribution in [0.15, 0.2) is 48.5 Å². The molecule has 1 atom stereocenters. The molecule has 1 heterocycles. The van der Waals surface area contributed by atoms with E-state index in [-0.39, 0.29) is 24.4 Å². The van der Waals surface area contributed by atoms with Crippen LogP contribution in [-0.4, -0.2) is 31.6 Å². The summed E-state index contributed by atoms with van der Waals surface area (Å²) in [4.78, 5) is 26.0. The van der Waals surface area contributed by atoms with Gasteiger partial charge in [0.05, 0.1) is 13.2 Å². The molecule has 6 nitrogen and oxygen atoms in total. The first-order chi connectivity index (χ1) is 12.6. The van der Waals surface area contributed by atoms with E-state index < -0.39 is 0 Å². The van der Waals surface area contributed by atoms with Gasteiger partial charge >= 0.3 is 6.03 Å². The molecule has 7 heteroatoms. The Morgan fingerprint density at radius 2 is 1.96 bits per heavy atom. The van der Waals surface area contributed by atoms with E-state index >= 15 is 0 Å². The van der Waals surface area contributed by atoms with Crippen LogP contribution in [0, 0.1) is 0 Å². The topological polar surface area (TPSA) is 70.7 Å². The van der Waals surface area contributed by atoms with Crippen molar-refractivity contribution < 1.29 is 14.3 Å². The number of nitrogens with zero attached hydrogens (tertiary/aromatic N) is 1. The molecule has 0 bridgehead atoms. The molecule has 1 saturated heterocycles. The Bertz CT molecular complexity index is 795. The van der Waals surface area contributed by atoms with E-state index in [0.717, 1.165) is 17.0 Å². The number of nitrogens with one attached hydrogen (secondary N) is 2. The number of carbonyl (C=O) groups excluding carboxylic acids is 2. The van der Waals surface area contributed by atoms with E-state index in [0.29, 0.717) is 18.1 Å². The highest BCUT2D eigenvalue weighted by molar-refractivity contribution is 6.31. The Kier molecular flexibility index (Phi) is 5.63. The van der Waals surface area contributed by atoms with Crippen molar-refractivity contribution in [3.05, 3.63) is 59.1 Å². The van der Waals surface area contributed by atoms with Crippen molar-refractivity contribution in [1.29, 1.82) is 0 Å². The van der Waals surface area contributed by atoms with Crippen molar-refractivity contribution in [1.82, 2.24) is 10.6 Å². The van der Waals surface area contributed by atoms with Crippen LogP contribution in [-0.2, 0) is 11.3 Å². The fourth-order valence-electron chi connectivity index (χ4n) is 2.87. The maximum atomic E-state index is 12.3. The van der Waals surface area contributed by atoms with Crippen molar-refractivity contribution in [2.24, 2.45) is 0 Å². The van der Waals surface area contributed by atoms with Crippen LogP contribution < -0.4 is 20.3 Å². The highest BCUT2D eigenvalue weighted by Crippen LogP contribution is 2.24. The number of amides is 3. The molecule has 1 fully saturated rings. The van der Waals surface area contributed by atoms with Gasteiger partial charge in [0.1, 0.15) is 5.75 Å². The summed E-state index contributed by atoms with van der Waals surface area (Å²) in [6.45, 7) is 0.763. The van der Waals surface area contributed by atoms with Crippen LogP contribution in [0.1, 0.15) is 12.0 Å². The first kappa shape index (κ1) is 18.1. The predicted octanol–water partition coefficient (Wildman–Crippen LogP) is 2.95. The minimum Gasteiger partial charge on any atom is -0.497 e. The standard InChI is InChI=1S/C19H20ClN3O3/c1-26-16-8-6-15(7-9-16)23-12-14(10-18(23)24)22-19(25)21-11-13-4-2-3-5-17(13)20/h2-9,14H,10-12H2,1H3,(H2,21,22,25)/t14-/m0/s1. The molecule has 0 aromatic heterocycles. The molecule has 0 spiro atoms. The molecule has 1 aliphatic rings. The Balaban J connectivity index is 1.53. The number of hydrogen-bond donors (Lipinski definition) is 2. The second-order valence-electron chi connectivity index (χ2n) is 6.02. The normalized spacial score (nSPS) is 16.5. The lowest BCUT2D eigenvalue weighted by Crippen LogP contribution is -2.43. The Morgan fingerprint density at radius 1 is 1.23 bits per heavy atom. The van der Waals surface area contributed by atoms with Crippen LogP contribution in [0.5, 0.6) is 5.75 Å². The van der Waals surface area contributed by atoms with E-state index in [1.165, 1.54) is 0 Å². The van der Waals surface area contributed by atoms with Crippen molar-refractivity contribution in [3.8, 4) is 5.75 Å². The summed E-state index contributed by atoms with van der Waals surface area (Å²) in [7, 11) is 1.59. The lowest BCUT2D eigenvalue weighted by atomic mass is 10.2. The second kappa shape index (κ2) is 8.10. The van der Waals surface area contributed by atoms with Gasteiger partial charge in [0.15, 0.2) is 0 Å². The average molecular weight is 374 g/mol. The second-order valence-corrected chi connectivity index (χ2v) is 6.43. The molecule has 2 N–H and O–H groups in total. The van der Waals surface area contributed by atoms with Crippen LogP contribution in [0.25, 0.3) is 0 Å². The number of rotatable bonds is 5. The predicted molar refractivity (Wildman–Crippen MR) is 101 cm³/mol. The SMILES string of the molecule is COc1ccc(N2C[C@@H](NC(=O)NCc3ccccc3Cl)CC2=O)cc1. The summed E-state index contributed by atoms with van der Waals surface area (Å²) in [5, 5.41) is 6.22. The average Bonchev–Trinajstić information content (AvgIpc) is 3.01. The van der Waals surface area contributed by atoms with E-state index in [9.17, 15) is 9.59 Å². The molecular formula is C19H20ClN3O3. The summed E-state index contributed by atoms with van der Waals surface area (Å²) in [5.74, 6) is 0.709. The number of benzene rings is 2. The molecule has 0 radical (unpaired) electrons. The molecular weight excluding hydrogens is 354 g/mol. The molecule has 26 heavy (non-hydrogen) atoms. The van der Waals surface area contributed by atoms with Gasteiger partial charge in [-0.3, -0.25) is 4.79 Å². The quantitative estimate of drug-likeness (QED) is 0.846. The lowest BCUT2D eigenvalue weighted by Gasteiger charge is -2.18. The third-order valence-electron chi connectivity index (χ3n) is 4.24. The van der Waals surface area contributed by atoms with E-state index in [1.54, 1.807) is 30.2 Å². The highest BCUT2D eigenvalue weighted by Gasteiger charge is 2.31. The smallest absolute Gasteiger partial charge is 0.315 e. The number of ether oxygens (including phenoxy) is 1. The van der Waals surface area contributed by atoms with Gasteiger partial charge in [-0.2, -0.15) is 0 Å². The number of carbonyl (C=O) groups is 2. The number of hydrogen-bond acceptors (Lipinski definition) is 3. The summed E-state index contributed by atoms with van der Waals surface area (Å²) in [6, 6.07) is 14.0. The minimum atomic E-state index is -0.320. The molecule has 3 amide bonds. The third-order valence-corrected chi connectivity index (χ3v) is 4.61. The minimum absolute atomic E-state index is 0.0217. The van der Waals surface area contributed by atoms with Gasteiger partial charge in [-0.15, -0.1) is 0 Å². The molecule has 0 unspecified atom stereocenters. The first-order valence-corrected chi connectivity index (χ1v) is 8.67. The van der Waals surface area contributed by atoms with Gasteiger partial charge in [0, 0.05) is 30.2 Å². The number of methoxy groups -OCH3 is 1. The van der Waals surface area contributed by atoms with Crippen molar-refractivity contribution in [2.45, 2.75) is 19.0 Å². The largest absolute Gasteiger partial charge is 0.497 e. The maximum absolute atomic E-state index is 12.3. The van der Waals surface area contributed by atoms with E-state index in [2.05, 4.69) is 10.6 Å². The zero-order chi connectivity index (χ0) is 18.5. The summed E-state index contributed by atoms with van der Waals surface area (Å²) >= 11 is 6.07. The van der Waals surface area contributed by atoms with Gasteiger partial charge < -0.3 is 20.3 Å². The Morgan fingerprint density at radius 3 is 2.65 bits per heavy atom. The monoisotopic (exact) mass is 373 g/mol. The van der Waals surface area contributed by atoms with E-state index in [4.69, 9.17) is 16.3 Å². The molecule has 2 aromatic carbocycles.